The molecule has 244 valence electrons. The smallest absolute Gasteiger partial charge is 0.419 e. The Hall–Kier alpha value is -4.89. The number of hydrogen-bond acceptors (Lipinski definition) is 5. The predicted octanol–water partition coefficient (Wildman–Crippen LogP) is 4.49. The van der Waals surface area contributed by atoms with Crippen molar-refractivity contribution in [2.24, 2.45) is 11.7 Å². The number of anilines is 1. The highest BCUT2D eigenvalue weighted by Gasteiger charge is 2.34. The summed E-state index contributed by atoms with van der Waals surface area (Å²) in [5.41, 5.74) is 3.92. The lowest BCUT2D eigenvalue weighted by atomic mass is 9.99. The van der Waals surface area contributed by atoms with Crippen molar-refractivity contribution < 1.29 is 41.8 Å². The van der Waals surface area contributed by atoms with Crippen LogP contribution in [0.25, 0.3) is 11.1 Å². The van der Waals surface area contributed by atoms with E-state index in [1.165, 1.54) is 25.1 Å². The molecule has 3 aromatic carbocycles. The zero-order chi connectivity index (χ0) is 34.3. The van der Waals surface area contributed by atoms with Crippen LogP contribution in [-0.4, -0.2) is 53.9 Å². The topological polar surface area (TPSA) is 186 Å². The minimum absolute atomic E-state index is 0.0451. The zero-order valence-corrected chi connectivity index (χ0v) is 25.2. The number of carbonyl (C=O) groups is 4. The minimum atomic E-state index is -4.97. The largest absolute Gasteiger partial charge is 0.481 e. The summed E-state index contributed by atoms with van der Waals surface area (Å²) >= 11 is 12.5. The minimum Gasteiger partial charge on any atom is -0.481 e. The lowest BCUT2D eigenvalue weighted by molar-refractivity contribution is -0.142. The lowest BCUT2D eigenvalue weighted by Crippen LogP contribution is -2.50. The van der Waals surface area contributed by atoms with Crippen molar-refractivity contribution in [3.05, 3.63) is 87.2 Å². The van der Waals surface area contributed by atoms with Crippen LogP contribution in [0, 0.1) is 17.1 Å². The summed E-state index contributed by atoms with van der Waals surface area (Å²) in [7, 11) is 0. The van der Waals surface area contributed by atoms with Gasteiger partial charge in [-0.1, -0.05) is 35.3 Å². The number of alkyl halides is 3. The molecule has 0 spiro atoms. The number of nitrogens with two attached hydrogens (primary N) is 1. The van der Waals surface area contributed by atoms with Gasteiger partial charge in [0.1, 0.15) is 5.82 Å². The normalized spacial score (nSPS) is 12.4. The quantitative estimate of drug-likeness (QED) is 0.0881. The molecule has 0 heterocycles. The number of nitrogens with one attached hydrogen (secondary N) is 5. The maximum Gasteiger partial charge on any atom is 0.419 e. The molecule has 17 heteroatoms. The molecule has 11 nitrogen and oxygen atoms in total. The van der Waals surface area contributed by atoms with E-state index in [-0.39, 0.29) is 38.3 Å². The van der Waals surface area contributed by atoms with Crippen LogP contribution in [0.4, 0.5) is 23.2 Å². The summed E-state index contributed by atoms with van der Waals surface area (Å²) in [5.74, 6) is -6.69. The van der Waals surface area contributed by atoms with Crippen LogP contribution in [0.3, 0.4) is 0 Å². The summed E-state index contributed by atoms with van der Waals surface area (Å²) < 4.78 is 53.3. The number of benzene rings is 3. The van der Waals surface area contributed by atoms with Crippen molar-refractivity contribution in [2.75, 3.05) is 18.4 Å². The molecular weight excluding hydrogens is 659 g/mol. The Kier molecular flexibility index (Phi) is 11.5. The molecule has 0 bridgehead atoms. The van der Waals surface area contributed by atoms with Crippen molar-refractivity contribution in [2.45, 2.75) is 19.1 Å². The molecule has 3 rings (SSSR count). The van der Waals surface area contributed by atoms with E-state index in [1.54, 1.807) is 6.07 Å². The summed E-state index contributed by atoms with van der Waals surface area (Å²) in [5, 5.41) is 26.0. The van der Waals surface area contributed by atoms with Gasteiger partial charge in [-0.2, -0.15) is 13.2 Å². The van der Waals surface area contributed by atoms with Crippen LogP contribution < -0.4 is 27.0 Å². The monoisotopic (exact) mass is 684 g/mol. The SMILES string of the molecule is C[C@H](C(=O)O)[C@H](CNC(=O)CNC(=O)c1cccc(NC(=N)N)c1)NC(=O)c1c(Cl)cc(-c2ccc(F)c(C(F)(F)F)c2)cc1Cl. The second-order valence-corrected chi connectivity index (χ2v) is 10.6. The average Bonchev–Trinajstić information content (AvgIpc) is 2.96. The van der Waals surface area contributed by atoms with Gasteiger partial charge in [-0.3, -0.25) is 24.6 Å². The van der Waals surface area contributed by atoms with E-state index in [2.05, 4.69) is 21.3 Å². The standard InChI is InChI=1S/C29H26Cl2F4N6O5/c1-13(27(45)46)22(11-38-23(42)12-39-25(43)15-3-2-4-17(7-15)40-28(36)37)41-26(44)24-19(30)9-16(10-20(24)31)14-5-6-21(32)18(8-14)29(33,34)35/h2-10,13,22H,11-12H2,1H3,(H,38,42)(H,39,43)(H,41,44)(H,45,46)(H4,36,37,40)/t13-,22-/m0/s1. The average molecular weight is 685 g/mol. The Morgan fingerprint density at radius 2 is 1.61 bits per heavy atom. The highest BCUT2D eigenvalue weighted by atomic mass is 35.5. The van der Waals surface area contributed by atoms with Gasteiger partial charge < -0.3 is 32.1 Å². The summed E-state index contributed by atoms with van der Waals surface area (Å²) in [6.07, 6.45) is -4.97. The van der Waals surface area contributed by atoms with E-state index in [0.717, 1.165) is 18.2 Å². The van der Waals surface area contributed by atoms with E-state index in [1.807, 2.05) is 0 Å². The molecule has 0 unspecified atom stereocenters. The number of carboxylic acid groups (broad SMARTS) is 1. The molecule has 0 aliphatic heterocycles. The summed E-state index contributed by atoms with van der Waals surface area (Å²) in [4.78, 5) is 49.8. The molecule has 0 aliphatic rings. The summed E-state index contributed by atoms with van der Waals surface area (Å²) in [6.45, 7) is 0.362. The third-order valence-electron chi connectivity index (χ3n) is 6.52. The molecule has 0 saturated carbocycles. The Balaban J connectivity index is 1.70. The fourth-order valence-corrected chi connectivity index (χ4v) is 4.75. The molecule has 0 aliphatic carbocycles. The number of halogens is 6. The molecule has 0 radical (unpaired) electrons. The second-order valence-electron chi connectivity index (χ2n) is 9.82. The highest BCUT2D eigenvalue weighted by molar-refractivity contribution is 6.40. The molecule has 2 atom stereocenters. The van der Waals surface area contributed by atoms with Gasteiger partial charge in [0.05, 0.1) is 39.7 Å². The second kappa shape index (κ2) is 14.9. The first kappa shape index (κ1) is 35.6. The fraction of sp³-hybridized carbons (Fsp3) is 0.207. The van der Waals surface area contributed by atoms with Crippen molar-refractivity contribution in [1.82, 2.24) is 16.0 Å². The molecule has 8 N–H and O–H groups in total. The maximum atomic E-state index is 13.7. The first-order valence-corrected chi connectivity index (χ1v) is 13.9. The molecule has 0 saturated heterocycles. The van der Waals surface area contributed by atoms with E-state index >= 15 is 0 Å². The van der Waals surface area contributed by atoms with E-state index < -0.39 is 66.3 Å². The van der Waals surface area contributed by atoms with Crippen LogP contribution in [0.15, 0.2) is 54.6 Å². The van der Waals surface area contributed by atoms with Gasteiger partial charge in [0.15, 0.2) is 5.96 Å². The third kappa shape index (κ3) is 9.31. The van der Waals surface area contributed by atoms with Crippen molar-refractivity contribution in [3.63, 3.8) is 0 Å². The molecular formula is C29H26Cl2F4N6O5. The molecule has 0 fully saturated rings. The maximum absolute atomic E-state index is 13.7. The number of guanidine groups is 1. The first-order valence-electron chi connectivity index (χ1n) is 13.1. The predicted molar refractivity (Wildman–Crippen MR) is 162 cm³/mol. The number of amides is 3. The Bertz CT molecular complexity index is 1660. The van der Waals surface area contributed by atoms with Crippen molar-refractivity contribution in [3.8, 4) is 11.1 Å². The molecule has 3 amide bonds. The molecule has 3 aromatic rings. The van der Waals surface area contributed by atoms with Gasteiger partial charge in [0, 0.05) is 17.8 Å². The van der Waals surface area contributed by atoms with Crippen LogP contribution in [0.1, 0.15) is 33.2 Å². The number of aliphatic carboxylic acids is 1. The van der Waals surface area contributed by atoms with Crippen molar-refractivity contribution >= 4 is 58.5 Å². The van der Waals surface area contributed by atoms with Crippen LogP contribution in [-0.2, 0) is 15.8 Å². The fourth-order valence-electron chi connectivity index (χ4n) is 4.09. The summed E-state index contributed by atoms with van der Waals surface area (Å²) in [6, 6.07) is 9.29. The van der Waals surface area contributed by atoms with Gasteiger partial charge in [-0.25, -0.2) is 4.39 Å². The van der Waals surface area contributed by atoms with Gasteiger partial charge in [0.25, 0.3) is 11.8 Å². The van der Waals surface area contributed by atoms with Gasteiger partial charge in [-0.15, -0.1) is 0 Å². The lowest BCUT2D eigenvalue weighted by Gasteiger charge is -2.23. The Labute approximate surface area is 268 Å². The zero-order valence-electron chi connectivity index (χ0n) is 23.7. The molecule has 0 aromatic heterocycles. The van der Waals surface area contributed by atoms with Crippen LogP contribution in [0.2, 0.25) is 10.0 Å². The first-order chi connectivity index (χ1) is 21.5. The highest BCUT2D eigenvalue weighted by Crippen LogP contribution is 2.37. The number of hydrogen-bond donors (Lipinski definition) is 7. The van der Waals surface area contributed by atoms with E-state index in [4.69, 9.17) is 34.3 Å². The van der Waals surface area contributed by atoms with Crippen molar-refractivity contribution in [1.29, 1.82) is 5.41 Å². The third-order valence-corrected chi connectivity index (χ3v) is 7.11. The van der Waals surface area contributed by atoms with Crippen LogP contribution >= 0.6 is 23.2 Å². The Morgan fingerprint density at radius 3 is 2.20 bits per heavy atom. The van der Waals surface area contributed by atoms with Gasteiger partial charge >= 0.3 is 12.1 Å². The van der Waals surface area contributed by atoms with Crippen LogP contribution in [0.5, 0.6) is 0 Å². The number of rotatable bonds is 11. The number of carboxylic acids is 1. The Morgan fingerprint density at radius 1 is 0.957 bits per heavy atom. The van der Waals surface area contributed by atoms with E-state index in [9.17, 15) is 41.8 Å². The molecule has 46 heavy (non-hydrogen) atoms. The number of carbonyl (C=O) groups excluding carboxylic acids is 3. The van der Waals surface area contributed by atoms with Gasteiger partial charge in [-0.05, 0) is 60.5 Å². The van der Waals surface area contributed by atoms with E-state index in [0.29, 0.717) is 17.8 Å². The van der Waals surface area contributed by atoms with Gasteiger partial charge in [0.2, 0.25) is 5.91 Å².